The van der Waals surface area contributed by atoms with E-state index in [1.807, 2.05) is 32.0 Å². The summed E-state index contributed by atoms with van der Waals surface area (Å²) in [5.74, 6) is -0.0985. The molecule has 0 N–H and O–H groups in total. The highest BCUT2D eigenvalue weighted by Crippen LogP contribution is 2.10. The molecule has 1 rings (SSSR count). The summed E-state index contributed by atoms with van der Waals surface area (Å²) in [6, 6.07) is 10.2. The number of benzene rings is 1. The average molecular weight is 206 g/mol. The fraction of sp³-hybridized carbons (Fsp3) is 0.462. The van der Waals surface area contributed by atoms with Crippen molar-refractivity contribution in [2.45, 2.75) is 26.7 Å². The number of aryl methyl sites for hydroxylation is 1. The number of hydrogen-bond donors (Lipinski definition) is 0. The SMILES string of the molecule is CCOC(=O)[C@H](C)CCc1ccccc1. The van der Waals surface area contributed by atoms with Crippen molar-refractivity contribution in [3.05, 3.63) is 35.9 Å². The van der Waals surface area contributed by atoms with Crippen LogP contribution in [0, 0.1) is 5.92 Å². The van der Waals surface area contributed by atoms with Crippen molar-refractivity contribution in [1.29, 1.82) is 0 Å². The molecule has 0 aliphatic heterocycles. The van der Waals surface area contributed by atoms with E-state index in [0.717, 1.165) is 12.8 Å². The molecule has 0 heterocycles. The predicted octanol–water partition coefficient (Wildman–Crippen LogP) is 2.82. The summed E-state index contributed by atoms with van der Waals surface area (Å²) in [7, 11) is 0. The van der Waals surface area contributed by atoms with Gasteiger partial charge >= 0.3 is 5.97 Å². The third kappa shape index (κ3) is 4.15. The Bertz CT molecular complexity index is 293. The fourth-order valence-electron chi connectivity index (χ4n) is 1.43. The first-order valence-corrected chi connectivity index (χ1v) is 5.44. The Hall–Kier alpha value is -1.31. The molecular weight excluding hydrogens is 188 g/mol. The van der Waals surface area contributed by atoms with Crippen molar-refractivity contribution in [3.8, 4) is 0 Å². The number of ether oxygens (including phenoxy) is 1. The lowest BCUT2D eigenvalue weighted by molar-refractivity contribution is -0.147. The number of carbonyl (C=O) groups is 1. The largest absolute Gasteiger partial charge is 0.466 e. The molecule has 0 unspecified atom stereocenters. The van der Waals surface area contributed by atoms with Crippen LogP contribution in [0.1, 0.15) is 25.8 Å². The lowest BCUT2D eigenvalue weighted by Crippen LogP contribution is -2.15. The molecule has 1 aromatic rings. The van der Waals surface area contributed by atoms with E-state index in [0.29, 0.717) is 6.61 Å². The maximum atomic E-state index is 11.3. The van der Waals surface area contributed by atoms with Crippen molar-refractivity contribution in [2.75, 3.05) is 6.61 Å². The molecule has 2 nitrogen and oxygen atoms in total. The minimum absolute atomic E-state index is 0.00911. The summed E-state index contributed by atoms with van der Waals surface area (Å²) in [5.41, 5.74) is 1.27. The zero-order chi connectivity index (χ0) is 11.1. The van der Waals surface area contributed by atoms with Crippen LogP contribution in [0.4, 0.5) is 0 Å². The quantitative estimate of drug-likeness (QED) is 0.692. The number of hydrogen-bond acceptors (Lipinski definition) is 2. The van der Waals surface area contributed by atoms with E-state index in [9.17, 15) is 4.79 Å². The zero-order valence-electron chi connectivity index (χ0n) is 9.40. The molecular formula is C13H18O2. The van der Waals surface area contributed by atoms with E-state index in [4.69, 9.17) is 4.74 Å². The van der Waals surface area contributed by atoms with Crippen LogP contribution in [0.5, 0.6) is 0 Å². The number of rotatable bonds is 5. The standard InChI is InChI=1S/C13H18O2/c1-3-15-13(14)11(2)9-10-12-7-5-4-6-8-12/h4-8,11H,3,9-10H2,1-2H3/t11-/m1/s1. The van der Waals surface area contributed by atoms with E-state index in [-0.39, 0.29) is 11.9 Å². The summed E-state index contributed by atoms with van der Waals surface area (Å²) in [6.07, 6.45) is 1.78. The molecule has 0 spiro atoms. The Labute approximate surface area is 91.3 Å². The van der Waals surface area contributed by atoms with Gasteiger partial charge in [0.2, 0.25) is 0 Å². The van der Waals surface area contributed by atoms with Gasteiger partial charge in [0.05, 0.1) is 12.5 Å². The molecule has 0 aliphatic rings. The molecule has 0 bridgehead atoms. The van der Waals surface area contributed by atoms with Gasteiger partial charge in [-0.3, -0.25) is 4.79 Å². The first-order valence-electron chi connectivity index (χ1n) is 5.44. The molecule has 0 fully saturated rings. The van der Waals surface area contributed by atoms with E-state index < -0.39 is 0 Å². The summed E-state index contributed by atoms with van der Waals surface area (Å²) in [5, 5.41) is 0. The molecule has 0 saturated carbocycles. The van der Waals surface area contributed by atoms with Crippen LogP contribution in [0.25, 0.3) is 0 Å². The second-order valence-electron chi connectivity index (χ2n) is 3.68. The Morgan fingerprint density at radius 3 is 2.60 bits per heavy atom. The van der Waals surface area contributed by atoms with Crippen molar-refractivity contribution in [3.63, 3.8) is 0 Å². The fourth-order valence-corrected chi connectivity index (χ4v) is 1.43. The lowest BCUT2D eigenvalue weighted by atomic mass is 10.0. The summed E-state index contributed by atoms with van der Waals surface area (Å²) >= 11 is 0. The summed E-state index contributed by atoms with van der Waals surface area (Å²) in [4.78, 5) is 11.3. The molecule has 0 aliphatic carbocycles. The lowest BCUT2D eigenvalue weighted by Gasteiger charge is -2.09. The number of esters is 1. The highest BCUT2D eigenvalue weighted by atomic mass is 16.5. The van der Waals surface area contributed by atoms with Crippen molar-refractivity contribution in [2.24, 2.45) is 5.92 Å². The van der Waals surface area contributed by atoms with Crippen LogP contribution in [0.3, 0.4) is 0 Å². The molecule has 2 heteroatoms. The maximum Gasteiger partial charge on any atom is 0.308 e. The third-order valence-corrected chi connectivity index (χ3v) is 2.40. The smallest absolute Gasteiger partial charge is 0.308 e. The minimum atomic E-state index is -0.0894. The molecule has 1 atom stereocenters. The van der Waals surface area contributed by atoms with Gasteiger partial charge in [0.15, 0.2) is 0 Å². The minimum Gasteiger partial charge on any atom is -0.466 e. The molecule has 1 aromatic carbocycles. The second-order valence-corrected chi connectivity index (χ2v) is 3.68. The normalized spacial score (nSPS) is 12.1. The molecule has 0 aromatic heterocycles. The zero-order valence-corrected chi connectivity index (χ0v) is 9.40. The van der Waals surface area contributed by atoms with E-state index >= 15 is 0 Å². The topological polar surface area (TPSA) is 26.3 Å². The van der Waals surface area contributed by atoms with Gasteiger partial charge in [0, 0.05) is 0 Å². The van der Waals surface area contributed by atoms with Crippen molar-refractivity contribution in [1.82, 2.24) is 0 Å². The third-order valence-electron chi connectivity index (χ3n) is 2.40. The van der Waals surface area contributed by atoms with Gasteiger partial charge in [-0.1, -0.05) is 37.3 Å². The van der Waals surface area contributed by atoms with E-state index in [2.05, 4.69) is 12.1 Å². The Kier molecular flexibility index (Phi) is 4.88. The second kappa shape index (κ2) is 6.23. The average Bonchev–Trinajstić information content (AvgIpc) is 2.27. The molecule has 0 saturated heterocycles. The monoisotopic (exact) mass is 206 g/mol. The Morgan fingerprint density at radius 1 is 1.33 bits per heavy atom. The van der Waals surface area contributed by atoms with Crippen LogP contribution >= 0.6 is 0 Å². The molecule has 82 valence electrons. The van der Waals surface area contributed by atoms with Gasteiger partial charge in [-0.25, -0.2) is 0 Å². The van der Waals surface area contributed by atoms with Crippen molar-refractivity contribution >= 4 is 5.97 Å². The van der Waals surface area contributed by atoms with Gasteiger partial charge in [-0.2, -0.15) is 0 Å². The van der Waals surface area contributed by atoms with Gasteiger partial charge in [-0.15, -0.1) is 0 Å². The molecule has 15 heavy (non-hydrogen) atoms. The van der Waals surface area contributed by atoms with Crippen LogP contribution in [-0.4, -0.2) is 12.6 Å². The van der Waals surface area contributed by atoms with E-state index in [1.165, 1.54) is 5.56 Å². The highest BCUT2D eigenvalue weighted by molar-refractivity contribution is 5.71. The predicted molar refractivity (Wildman–Crippen MR) is 60.6 cm³/mol. The number of carbonyl (C=O) groups excluding carboxylic acids is 1. The van der Waals surface area contributed by atoms with Crippen LogP contribution in [-0.2, 0) is 16.0 Å². The van der Waals surface area contributed by atoms with Gasteiger partial charge in [-0.05, 0) is 25.3 Å². The van der Waals surface area contributed by atoms with Crippen LogP contribution in [0.15, 0.2) is 30.3 Å². The van der Waals surface area contributed by atoms with Gasteiger partial charge in [0.25, 0.3) is 0 Å². The van der Waals surface area contributed by atoms with Crippen LogP contribution < -0.4 is 0 Å². The van der Waals surface area contributed by atoms with Gasteiger partial charge in [0.1, 0.15) is 0 Å². The Morgan fingerprint density at radius 2 is 2.00 bits per heavy atom. The first-order chi connectivity index (χ1) is 7.24. The van der Waals surface area contributed by atoms with Crippen molar-refractivity contribution < 1.29 is 9.53 Å². The molecule has 0 radical (unpaired) electrons. The summed E-state index contributed by atoms with van der Waals surface area (Å²) in [6.45, 7) is 4.22. The van der Waals surface area contributed by atoms with E-state index in [1.54, 1.807) is 0 Å². The Balaban J connectivity index is 2.34. The maximum absolute atomic E-state index is 11.3. The summed E-state index contributed by atoms with van der Waals surface area (Å²) < 4.78 is 4.95. The highest BCUT2D eigenvalue weighted by Gasteiger charge is 2.13. The van der Waals surface area contributed by atoms with Crippen LogP contribution in [0.2, 0.25) is 0 Å². The first kappa shape index (κ1) is 11.8. The van der Waals surface area contributed by atoms with Gasteiger partial charge < -0.3 is 4.74 Å². The molecule has 0 amide bonds.